The van der Waals surface area contributed by atoms with Gasteiger partial charge in [0.25, 0.3) is 0 Å². The molecule has 8 nitrogen and oxygen atoms in total. The fourth-order valence-electron chi connectivity index (χ4n) is 4.55. The average molecular weight is 490 g/mol. The molecule has 0 saturated carbocycles. The van der Waals surface area contributed by atoms with Gasteiger partial charge in [-0.3, -0.25) is 4.90 Å². The molecule has 0 spiro atoms. The quantitative estimate of drug-likeness (QED) is 0.547. The summed E-state index contributed by atoms with van der Waals surface area (Å²) in [5.74, 6) is -1.94. The van der Waals surface area contributed by atoms with Gasteiger partial charge >= 0.3 is 0 Å². The summed E-state index contributed by atoms with van der Waals surface area (Å²) in [6.45, 7) is 4.11. The molecule has 0 amide bonds. The zero-order chi connectivity index (χ0) is 24.0. The van der Waals surface area contributed by atoms with E-state index in [4.69, 9.17) is 26.4 Å². The summed E-state index contributed by atoms with van der Waals surface area (Å²) in [6.07, 6.45) is 1.71. The lowest BCUT2D eigenvalue weighted by atomic mass is 10.1. The van der Waals surface area contributed by atoms with Crippen molar-refractivity contribution in [3.63, 3.8) is 0 Å². The first-order valence-electron chi connectivity index (χ1n) is 10.9. The largest absolute Gasteiger partial charge is 0.493 e. The van der Waals surface area contributed by atoms with E-state index < -0.39 is 11.6 Å². The number of fused-ring (bicyclic) bond motifs is 3. The zero-order valence-electron chi connectivity index (χ0n) is 19.2. The number of aromatic amines is 1. The number of halogens is 2. The van der Waals surface area contributed by atoms with Crippen LogP contribution < -0.4 is 19.3 Å². The van der Waals surface area contributed by atoms with Gasteiger partial charge in [0.05, 0.1) is 39.7 Å². The van der Waals surface area contributed by atoms with Crippen molar-refractivity contribution in [3.05, 3.63) is 41.2 Å². The number of morpholine rings is 1. The minimum absolute atomic E-state index is 0.128. The maximum atomic E-state index is 15.2. The van der Waals surface area contributed by atoms with Gasteiger partial charge in [-0.15, -0.1) is 0 Å². The second-order valence-electron chi connectivity index (χ2n) is 8.26. The van der Waals surface area contributed by atoms with Crippen molar-refractivity contribution in [1.82, 2.24) is 14.9 Å². The van der Waals surface area contributed by atoms with Crippen LogP contribution >= 0.6 is 12.2 Å². The Labute approximate surface area is 201 Å². The van der Waals surface area contributed by atoms with Crippen molar-refractivity contribution in [2.75, 3.05) is 57.4 Å². The van der Waals surface area contributed by atoms with Crippen molar-refractivity contribution in [2.45, 2.75) is 13.1 Å². The molecule has 4 heterocycles. The van der Waals surface area contributed by atoms with Crippen LogP contribution in [0.1, 0.15) is 11.3 Å². The molecule has 2 aliphatic heterocycles. The predicted molar refractivity (Wildman–Crippen MR) is 129 cm³/mol. The van der Waals surface area contributed by atoms with E-state index in [1.165, 1.54) is 25.2 Å². The first-order valence-corrected chi connectivity index (χ1v) is 11.3. The Morgan fingerprint density at radius 1 is 1.09 bits per heavy atom. The van der Waals surface area contributed by atoms with Crippen molar-refractivity contribution in [2.24, 2.45) is 0 Å². The molecule has 1 aromatic carbocycles. The van der Waals surface area contributed by atoms with E-state index in [1.54, 1.807) is 18.1 Å². The number of H-pyrrole nitrogens is 1. The molecule has 1 saturated heterocycles. The van der Waals surface area contributed by atoms with Gasteiger partial charge in [0, 0.05) is 55.6 Å². The highest BCUT2D eigenvalue weighted by molar-refractivity contribution is 7.80. The third-order valence-corrected chi connectivity index (χ3v) is 6.76. The van der Waals surface area contributed by atoms with Crippen molar-refractivity contribution < 1.29 is 23.0 Å². The van der Waals surface area contributed by atoms with Crippen molar-refractivity contribution in [1.29, 1.82) is 0 Å². The Bertz CT molecular complexity index is 1230. The summed E-state index contributed by atoms with van der Waals surface area (Å²) in [7, 11) is 4.42. The van der Waals surface area contributed by atoms with Crippen LogP contribution in [0.3, 0.4) is 0 Å². The number of anilines is 2. The predicted octanol–water partition coefficient (Wildman–Crippen LogP) is 3.43. The van der Waals surface area contributed by atoms with Gasteiger partial charge in [-0.25, -0.2) is 13.8 Å². The van der Waals surface area contributed by atoms with E-state index >= 15 is 8.78 Å². The summed E-state index contributed by atoms with van der Waals surface area (Å²) in [6, 6.07) is 3.25. The number of methoxy groups -OCH3 is 2. The van der Waals surface area contributed by atoms with Gasteiger partial charge in [-0.2, -0.15) is 0 Å². The van der Waals surface area contributed by atoms with E-state index in [0.717, 1.165) is 60.8 Å². The number of hydrogen-bond donors (Lipinski definition) is 1. The van der Waals surface area contributed by atoms with Crippen LogP contribution in [-0.4, -0.2) is 67.6 Å². The Morgan fingerprint density at radius 3 is 2.41 bits per heavy atom. The monoisotopic (exact) mass is 489 g/mol. The molecule has 0 bridgehead atoms. The lowest BCUT2D eigenvalue weighted by Crippen LogP contribution is -2.46. The molecule has 11 heteroatoms. The molecule has 0 atom stereocenters. The maximum absolute atomic E-state index is 15.2. The topological polar surface area (TPSA) is 66.1 Å². The molecule has 34 heavy (non-hydrogen) atoms. The average Bonchev–Trinajstić information content (AvgIpc) is 3.25. The summed E-state index contributed by atoms with van der Waals surface area (Å²) < 4.78 is 46.1. The molecule has 2 aliphatic rings. The number of pyridine rings is 1. The number of benzene rings is 1. The van der Waals surface area contributed by atoms with Crippen LogP contribution in [0, 0.1) is 11.6 Å². The van der Waals surface area contributed by atoms with E-state index in [1.807, 2.05) is 0 Å². The molecule has 1 N–H and O–H groups in total. The molecule has 0 radical (unpaired) electrons. The number of aromatic nitrogens is 2. The zero-order valence-corrected chi connectivity index (χ0v) is 20.0. The molecule has 3 aromatic rings. The standard InChI is InChI=1S/C23H25F2N5O3S/c1-28-20-13(10-26-22-15(20)8-14(27-22)12-29-4-6-33-7-5-29)11-30(23(28)34)21-18(24)16(31-2)9-17(32-3)19(21)25/h8-10H,4-7,11-12H2,1-3H3,(H,26,27). The highest BCUT2D eigenvalue weighted by Gasteiger charge is 2.34. The molecular formula is C23H25F2N5O3S. The Balaban J connectivity index is 1.54. The lowest BCUT2D eigenvalue weighted by molar-refractivity contribution is 0.0337. The van der Waals surface area contributed by atoms with Crippen LogP contribution in [0.2, 0.25) is 0 Å². The minimum Gasteiger partial charge on any atom is -0.493 e. The second kappa shape index (κ2) is 8.97. The Morgan fingerprint density at radius 2 is 1.76 bits per heavy atom. The van der Waals surface area contributed by atoms with E-state index in [-0.39, 0.29) is 28.8 Å². The Hall–Kier alpha value is -3.02. The van der Waals surface area contributed by atoms with Gasteiger partial charge in [0.1, 0.15) is 11.3 Å². The van der Waals surface area contributed by atoms with E-state index in [0.29, 0.717) is 0 Å². The highest BCUT2D eigenvalue weighted by atomic mass is 32.1. The molecule has 2 aromatic heterocycles. The molecule has 5 rings (SSSR count). The van der Waals surface area contributed by atoms with Crippen LogP contribution in [0.5, 0.6) is 11.5 Å². The van der Waals surface area contributed by atoms with Crippen LogP contribution in [0.15, 0.2) is 18.3 Å². The fourth-order valence-corrected chi connectivity index (χ4v) is 4.80. The maximum Gasteiger partial charge on any atom is 0.192 e. The third-order valence-electron chi connectivity index (χ3n) is 6.26. The summed E-state index contributed by atoms with van der Waals surface area (Å²) in [5.41, 5.74) is 3.12. The first kappa shape index (κ1) is 22.8. The molecule has 180 valence electrons. The number of thiocarbonyl (C=S) groups is 1. The summed E-state index contributed by atoms with van der Waals surface area (Å²) in [5, 5.41) is 1.17. The highest BCUT2D eigenvalue weighted by Crippen LogP contribution is 2.42. The fraction of sp³-hybridized carbons (Fsp3) is 0.391. The Kier molecular flexibility index (Phi) is 6.00. The smallest absolute Gasteiger partial charge is 0.192 e. The number of hydrogen-bond acceptors (Lipinski definition) is 6. The lowest BCUT2D eigenvalue weighted by Gasteiger charge is -2.38. The number of nitrogens with zero attached hydrogens (tertiary/aromatic N) is 4. The van der Waals surface area contributed by atoms with Gasteiger partial charge in [0.15, 0.2) is 28.2 Å². The number of nitrogens with one attached hydrogen (secondary N) is 1. The number of rotatable bonds is 5. The van der Waals surface area contributed by atoms with Gasteiger partial charge < -0.3 is 29.0 Å². The van der Waals surface area contributed by atoms with Crippen LogP contribution in [0.4, 0.5) is 20.2 Å². The van der Waals surface area contributed by atoms with E-state index in [9.17, 15) is 0 Å². The molecular weight excluding hydrogens is 464 g/mol. The first-order chi connectivity index (χ1) is 16.4. The normalized spacial score (nSPS) is 16.8. The van der Waals surface area contributed by atoms with Crippen LogP contribution in [0.25, 0.3) is 11.0 Å². The molecule has 1 fully saturated rings. The molecule has 0 aliphatic carbocycles. The second-order valence-corrected chi connectivity index (χ2v) is 8.63. The van der Waals surface area contributed by atoms with E-state index in [2.05, 4.69) is 20.9 Å². The SMILES string of the molecule is COc1cc(OC)c(F)c(N2Cc3cnc4[nH]c(CN5CCOCC5)cc4c3N(C)C2=S)c1F. The third kappa shape index (κ3) is 3.73. The van der Waals surface area contributed by atoms with Crippen molar-refractivity contribution >= 4 is 39.7 Å². The van der Waals surface area contributed by atoms with Gasteiger partial charge in [-0.1, -0.05) is 0 Å². The van der Waals surface area contributed by atoms with Gasteiger partial charge in [-0.05, 0) is 18.3 Å². The van der Waals surface area contributed by atoms with Crippen molar-refractivity contribution in [3.8, 4) is 11.5 Å². The number of ether oxygens (including phenoxy) is 3. The summed E-state index contributed by atoms with van der Waals surface area (Å²) in [4.78, 5) is 13.4. The van der Waals surface area contributed by atoms with Crippen LogP contribution in [-0.2, 0) is 17.8 Å². The minimum atomic E-state index is -0.844. The molecule has 0 unspecified atom stereocenters. The summed E-state index contributed by atoms with van der Waals surface area (Å²) >= 11 is 5.67. The van der Waals surface area contributed by atoms with Gasteiger partial charge in [0.2, 0.25) is 0 Å².